The quantitative estimate of drug-likeness (QED) is 0.590. The van der Waals surface area contributed by atoms with Crippen LogP contribution in [0.25, 0.3) is 0 Å². The minimum atomic E-state index is -0.863. The van der Waals surface area contributed by atoms with Gasteiger partial charge in [-0.1, -0.05) is 19.9 Å². The zero-order valence-electron chi connectivity index (χ0n) is 11.1. The fourth-order valence-corrected chi connectivity index (χ4v) is 1.91. The van der Waals surface area contributed by atoms with Crippen molar-refractivity contribution in [3.05, 3.63) is 34.1 Å². The third-order valence-electron chi connectivity index (χ3n) is 3.66. The molecule has 0 spiro atoms. The van der Waals surface area contributed by atoms with Crippen molar-refractivity contribution in [1.82, 2.24) is 0 Å². The van der Waals surface area contributed by atoms with Gasteiger partial charge in [0.2, 0.25) is 5.82 Å². The van der Waals surface area contributed by atoms with Gasteiger partial charge in [-0.3, -0.25) is 10.1 Å². The molecule has 0 aromatic heterocycles. The van der Waals surface area contributed by atoms with Gasteiger partial charge in [0.25, 0.3) is 0 Å². The first-order valence-electron chi connectivity index (χ1n) is 6.27. The summed E-state index contributed by atoms with van der Waals surface area (Å²) in [7, 11) is 0. The molecule has 1 aromatic carbocycles. The van der Waals surface area contributed by atoms with E-state index in [2.05, 4.69) is 5.32 Å². The summed E-state index contributed by atoms with van der Waals surface area (Å²) in [5, 5.41) is 23.2. The maximum atomic E-state index is 13.4. The Hall–Kier alpha value is -1.69. The summed E-state index contributed by atoms with van der Waals surface area (Å²) < 4.78 is 13.4. The molecule has 2 N–H and O–H groups in total. The van der Waals surface area contributed by atoms with Crippen molar-refractivity contribution < 1.29 is 14.4 Å². The van der Waals surface area contributed by atoms with Crippen LogP contribution < -0.4 is 5.32 Å². The van der Waals surface area contributed by atoms with Gasteiger partial charge in [-0.25, -0.2) is 0 Å². The molecule has 1 rings (SSSR count). The first kappa shape index (κ1) is 15.4. The number of para-hydroxylation sites is 1. The predicted molar refractivity (Wildman–Crippen MR) is 71.6 cm³/mol. The Balaban J connectivity index is 2.95. The monoisotopic (exact) mass is 270 g/mol. The van der Waals surface area contributed by atoms with Gasteiger partial charge in [0.15, 0.2) is 0 Å². The minimum Gasteiger partial charge on any atom is -0.396 e. The van der Waals surface area contributed by atoms with Crippen LogP contribution in [-0.2, 0) is 0 Å². The molecular formula is C13H19FN2O3. The van der Waals surface area contributed by atoms with E-state index >= 15 is 0 Å². The molecule has 0 heterocycles. The molecule has 0 amide bonds. The van der Waals surface area contributed by atoms with E-state index in [1.165, 1.54) is 12.1 Å². The van der Waals surface area contributed by atoms with E-state index in [-0.39, 0.29) is 17.7 Å². The first-order chi connectivity index (χ1) is 8.99. The molecule has 0 aliphatic rings. The summed E-state index contributed by atoms with van der Waals surface area (Å²) in [4.78, 5) is 10.1. The average Bonchev–Trinajstić information content (AvgIpc) is 2.40. The maximum Gasteiger partial charge on any atom is 0.327 e. The van der Waals surface area contributed by atoms with Crippen LogP contribution in [0.15, 0.2) is 18.2 Å². The van der Waals surface area contributed by atoms with Crippen LogP contribution in [0.1, 0.15) is 26.7 Å². The Labute approximate surface area is 111 Å². The van der Waals surface area contributed by atoms with Gasteiger partial charge >= 0.3 is 5.69 Å². The molecule has 6 heteroatoms. The first-order valence-corrected chi connectivity index (χ1v) is 6.27. The molecule has 106 valence electrons. The zero-order valence-corrected chi connectivity index (χ0v) is 11.1. The number of aliphatic hydroxyl groups is 1. The third-order valence-corrected chi connectivity index (χ3v) is 3.66. The molecule has 0 saturated carbocycles. The molecule has 0 aliphatic carbocycles. The van der Waals surface area contributed by atoms with Crippen LogP contribution in [0.5, 0.6) is 0 Å². The topological polar surface area (TPSA) is 75.4 Å². The van der Waals surface area contributed by atoms with Crippen LogP contribution in [0.2, 0.25) is 0 Å². The second-order valence-electron chi connectivity index (χ2n) is 4.61. The molecule has 19 heavy (non-hydrogen) atoms. The van der Waals surface area contributed by atoms with Gasteiger partial charge in [0, 0.05) is 12.0 Å². The second-order valence-corrected chi connectivity index (χ2v) is 4.61. The van der Waals surface area contributed by atoms with Crippen LogP contribution in [0.3, 0.4) is 0 Å². The standard InChI is InChI=1S/C13H19FN2O3/c1-3-13(4-2,9-17)8-15-11-7-5-6-10(14)12(11)16(18)19/h5-7,15,17H,3-4,8-9H2,1-2H3. The third kappa shape index (κ3) is 3.41. The smallest absolute Gasteiger partial charge is 0.327 e. The molecular weight excluding hydrogens is 251 g/mol. The fraction of sp³-hybridized carbons (Fsp3) is 0.538. The summed E-state index contributed by atoms with van der Waals surface area (Å²) >= 11 is 0. The molecule has 0 fully saturated rings. The molecule has 0 unspecified atom stereocenters. The van der Waals surface area contributed by atoms with Crippen molar-refractivity contribution in [3.8, 4) is 0 Å². The van der Waals surface area contributed by atoms with E-state index in [0.717, 1.165) is 18.9 Å². The van der Waals surface area contributed by atoms with E-state index in [1.807, 2.05) is 13.8 Å². The van der Waals surface area contributed by atoms with Gasteiger partial charge in [0.1, 0.15) is 5.69 Å². The highest BCUT2D eigenvalue weighted by atomic mass is 19.1. The number of aliphatic hydroxyl groups excluding tert-OH is 1. The summed E-state index contributed by atoms with van der Waals surface area (Å²) in [6.45, 7) is 4.24. The summed E-state index contributed by atoms with van der Waals surface area (Å²) in [5.41, 5.74) is -0.758. The van der Waals surface area contributed by atoms with Crippen molar-refractivity contribution in [1.29, 1.82) is 0 Å². The lowest BCUT2D eigenvalue weighted by Crippen LogP contribution is -2.32. The Bertz CT molecular complexity index is 439. The van der Waals surface area contributed by atoms with Crippen molar-refractivity contribution >= 4 is 11.4 Å². The van der Waals surface area contributed by atoms with Crippen LogP contribution >= 0.6 is 0 Å². The van der Waals surface area contributed by atoms with Crippen molar-refractivity contribution in [2.75, 3.05) is 18.5 Å². The minimum absolute atomic E-state index is 0.0177. The average molecular weight is 270 g/mol. The summed E-state index contributed by atoms with van der Waals surface area (Å²) in [6, 6.07) is 3.94. The van der Waals surface area contributed by atoms with E-state index in [0.29, 0.717) is 6.54 Å². The lowest BCUT2D eigenvalue weighted by molar-refractivity contribution is -0.386. The van der Waals surface area contributed by atoms with Crippen LogP contribution in [0.4, 0.5) is 15.8 Å². The van der Waals surface area contributed by atoms with Crippen molar-refractivity contribution in [2.45, 2.75) is 26.7 Å². The van der Waals surface area contributed by atoms with E-state index in [1.54, 1.807) is 0 Å². The van der Waals surface area contributed by atoms with Crippen molar-refractivity contribution in [2.24, 2.45) is 5.41 Å². The van der Waals surface area contributed by atoms with Gasteiger partial charge in [-0.15, -0.1) is 0 Å². The van der Waals surface area contributed by atoms with Crippen LogP contribution in [0, 0.1) is 21.3 Å². The number of rotatable bonds is 7. The number of hydrogen-bond donors (Lipinski definition) is 2. The lowest BCUT2D eigenvalue weighted by atomic mass is 9.83. The summed E-state index contributed by atoms with van der Waals surface area (Å²) in [5.74, 6) is -0.863. The lowest BCUT2D eigenvalue weighted by Gasteiger charge is -2.29. The Kier molecular flexibility index (Phi) is 5.23. The largest absolute Gasteiger partial charge is 0.396 e. The highest BCUT2D eigenvalue weighted by molar-refractivity contribution is 5.62. The normalized spacial score (nSPS) is 11.4. The molecule has 0 bridgehead atoms. The molecule has 1 aromatic rings. The Morgan fingerprint density at radius 3 is 2.53 bits per heavy atom. The molecule has 0 aliphatic heterocycles. The van der Waals surface area contributed by atoms with Gasteiger partial charge < -0.3 is 10.4 Å². The van der Waals surface area contributed by atoms with Gasteiger partial charge in [0.05, 0.1) is 11.5 Å². The number of hydrogen-bond acceptors (Lipinski definition) is 4. The number of benzene rings is 1. The van der Waals surface area contributed by atoms with Crippen LogP contribution in [-0.4, -0.2) is 23.2 Å². The van der Waals surface area contributed by atoms with Crippen molar-refractivity contribution in [3.63, 3.8) is 0 Å². The molecule has 0 saturated heterocycles. The number of halogens is 1. The molecule has 0 atom stereocenters. The molecule has 0 radical (unpaired) electrons. The Morgan fingerprint density at radius 2 is 2.05 bits per heavy atom. The van der Waals surface area contributed by atoms with Gasteiger partial charge in [-0.05, 0) is 25.0 Å². The number of nitrogens with zero attached hydrogens (tertiary/aromatic N) is 1. The number of nitro groups is 1. The number of anilines is 1. The highest BCUT2D eigenvalue weighted by Gasteiger charge is 2.27. The van der Waals surface area contributed by atoms with Gasteiger partial charge in [-0.2, -0.15) is 4.39 Å². The van der Waals surface area contributed by atoms with E-state index in [4.69, 9.17) is 0 Å². The predicted octanol–water partition coefficient (Wildman–Crippen LogP) is 2.94. The number of nitro benzene ring substituents is 1. The highest BCUT2D eigenvalue weighted by Crippen LogP contribution is 2.30. The van der Waals surface area contributed by atoms with E-state index in [9.17, 15) is 19.6 Å². The molecule has 5 nitrogen and oxygen atoms in total. The number of nitrogens with one attached hydrogen (secondary N) is 1. The fourth-order valence-electron chi connectivity index (χ4n) is 1.91. The summed E-state index contributed by atoms with van der Waals surface area (Å²) in [6.07, 6.45) is 1.46. The van der Waals surface area contributed by atoms with E-state index < -0.39 is 16.4 Å². The maximum absolute atomic E-state index is 13.4. The Morgan fingerprint density at radius 1 is 1.42 bits per heavy atom. The second kappa shape index (κ2) is 6.47. The zero-order chi connectivity index (χ0) is 14.5. The SMILES string of the molecule is CCC(CC)(CO)CNc1cccc(F)c1[N+](=O)[O-].